The van der Waals surface area contributed by atoms with E-state index in [4.69, 9.17) is 16.2 Å². The molecular weight excluding hydrogens is 262 g/mol. The molecule has 0 saturated heterocycles. The molecule has 21 heavy (non-hydrogen) atoms. The van der Waals surface area contributed by atoms with Gasteiger partial charge in [0.05, 0.1) is 5.69 Å². The highest BCUT2D eigenvalue weighted by atomic mass is 16.5. The van der Waals surface area contributed by atoms with Gasteiger partial charge in [-0.05, 0) is 36.6 Å². The topological polar surface area (TPSA) is 73.3 Å². The van der Waals surface area contributed by atoms with Crippen LogP contribution in [0.15, 0.2) is 42.5 Å². The van der Waals surface area contributed by atoms with E-state index in [1.807, 2.05) is 24.3 Å². The van der Waals surface area contributed by atoms with Crippen LogP contribution in [-0.4, -0.2) is 0 Å². The summed E-state index contributed by atoms with van der Waals surface area (Å²) in [5.41, 5.74) is 15.9. The summed E-state index contributed by atoms with van der Waals surface area (Å²) in [6.45, 7) is 2.20. The number of nitrogen functional groups attached to an aromatic ring is 1. The SMILES string of the molecule is CCCCc1ccc(C2(N)Nc3cc(N)ccc3O2)cc1. The van der Waals surface area contributed by atoms with Crippen molar-refractivity contribution in [1.82, 2.24) is 0 Å². The molecule has 1 aliphatic rings. The summed E-state index contributed by atoms with van der Waals surface area (Å²) in [6, 6.07) is 13.7. The van der Waals surface area contributed by atoms with E-state index in [0.29, 0.717) is 5.69 Å². The number of hydrogen-bond donors (Lipinski definition) is 3. The number of benzene rings is 2. The van der Waals surface area contributed by atoms with Gasteiger partial charge in [-0.15, -0.1) is 0 Å². The van der Waals surface area contributed by atoms with Crippen LogP contribution in [0.3, 0.4) is 0 Å². The maximum absolute atomic E-state index is 6.36. The fourth-order valence-electron chi connectivity index (χ4n) is 2.56. The van der Waals surface area contributed by atoms with E-state index in [9.17, 15) is 0 Å². The van der Waals surface area contributed by atoms with Crippen molar-refractivity contribution in [2.24, 2.45) is 5.73 Å². The number of fused-ring (bicyclic) bond motifs is 1. The molecule has 2 aromatic carbocycles. The van der Waals surface area contributed by atoms with Crippen LogP contribution in [-0.2, 0) is 12.3 Å². The molecule has 4 heteroatoms. The third-order valence-electron chi connectivity index (χ3n) is 3.80. The van der Waals surface area contributed by atoms with E-state index in [1.54, 1.807) is 6.07 Å². The Kier molecular flexibility index (Phi) is 3.47. The summed E-state index contributed by atoms with van der Waals surface area (Å²) in [7, 11) is 0. The van der Waals surface area contributed by atoms with Crippen LogP contribution in [0.1, 0.15) is 30.9 Å². The molecule has 1 aliphatic heterocycles. The molecule has 4 nitrogen and oxygen atoms in total. The highest BCUT2D eigenvalue weighted by Crippen LogP contribution is 2.39. The van der Waals surface area contributed by atoms with Crippen LogP contribution in [0, 0.1) is 0 Å². The maximum atomic E-state index is 6.36. The lowest BCUT2D eigenvalue weighted by molar-refractivity contribution is 0.126. The van der Waals surface area contributed by atoms with Crippen molar-refractivity contribution in [3.63, 3.8) is 0 Å². The molecule has 110 valence electrons. The van der Waals surface area contributed by atoms with Crippen molar-refractivity contribution in [3.8, 4) is 5.75 Å². The van der Waals surface area contributed by atoms with Gasteiger partial charge >= 0.3 is 0 Å². The lowest BCUT2D eigenvalue weighted by atomic mass is 10.0. The van der Waals surface area contributed by atoms with Gasteiger partial charge in [-0.1, -0.05) is 37.6 Å². The molecular formula is C17H21N3O. The summed E-state index contributed by atoms with van der Waals surface area (Å²) in [5, 5.41) is 3.21. The first kappa shape index (κ1) is 13.8. The average Bonchev–Trinajstić information content (AvgIpc) is 2.82. The van der Waals surface area contributed by atoms with Crippen molar-refractivity contribution in [1.29, 1.82) is 0 Å². The molecule has 1 unspecified atom stereocenters. The highest BCUT2D eigenvalue weighted by Gasteiger charge is 2.36. The van der Waals surface area contributed by atoms with E-state index in [1.165, 1.54) is 18.4 Å². The number of hydrogen-bond acceptors (Lipinski definition) is 4. The molecule has 0 saturated carbocycles. The van der Waals surface area contributed by atoms with Gasteiger partial charge in [0.25, 0.3) is 5.85 Å². The normalized spacial score (nSPS) is 19.7. The van der Waals surface area contributed by atoms with Gasteiger partial charge < -0.3 is 15.8 Å². The lowest BCUT2D eigenvalue weighted by Gasteiger charge is -2.24. The van der Waals surface area contributed by atoms with E-state index < -0.39 is 5.85 Å². The first-order chi connectivity index (χ1) is 10.1. The van der Waals surface area contributed by atoms with Gasteiger partial charge in [-0.25, -0.2) is 0 Å². The van der Waals surface area contributed by atoms with Gasteiger partial charge in [0.1, 0.15) is 5.75 Å². The molecule has 0 radical (unpaired) electrons. The average molecular weight is 283 g/mol. The molecule has 1 heterocycles. The summed E-state index contributed by atoms with van der Waals surface area (Å²) in [6.07, 6.45) is 3.50. The summed E-state index contributed by atoms with van der Waals surface area (Å²) >= 11 is 0. The highest BCUT2D eigenvalue weighted by molar-refractivity contribution is 5.67. The number of unbranched alkanes of at least 4 members (excludes halogenated alkanes) is 1. The predicted octanol–water partition coefficient (Wildman–Crippen LogP) is 3.18. The number of aryl methyl sites for hydroxylation is 1. The van der Waals surface area contributed by atoms with Gasteiger partial charge in [-0.2, -0.15) is 0 Å². The van der Waals surface area contributed by atoms with Gasteiger partial charge in [0, 0.05) is 11.3 Å². The zero-order valence-corrected chi connectivity index (χ0v) is 12.2. The molecule has 0 fully saturated rings. The standard InChI is InChI=1S/C17H21N3O/c1-2-3-4-12-5-7-13(8-6-12)17(19)20-15-11-14(18)9-10-16(15)21-17/h5-11,20H,2-4,18-19H2,1H3. The van der Waals surface area contributed by atoms with Crippen LogP contribution < -0.4 is 21.5 Å². The quantitative estimate of drug-likeness (QED) is 0.753. The van der Waals surface area contributed by atoms with Crippen LogP contribution in [0.25, 0.3) is 0 Å². The second-order valence-electron chi connectivity index (χ2n) is 5.52. The second-order valence-corrected chi connectivity index (χ2v) is 5.52. The monoisotopic (exact) mass is 283 g/mol. The Morgan fingerprint density at radius 3 is 2.62 bits per heavy atom. The minimum Gasteiger partial charge on any atom is -0.448 e. The Bertz CT molecular complexity index is 639. The zero-order chi connectivity index (χ0) is 14.9. The fraction of sp³-hybridized carbons (Fsp3) is 0.294. The number of ether oxygens (including phenoxy) is 1. The largest absolute Gasteiger partial charge is 0.448 e. The zero-order valence-electron chi connectivity index (χ0n) is 12.2. The van der Waals surface area contributed by atoms with Crippen molar-refractivity contribution < 1.29 is 4.74 Å². The maximum Gasteiger partial charge on any atom is 0.263 e. The molecule has 0 aliphatic carbocycles. The van der Waals surface area contributed by atoms with E-state index in [0.717, 1.165) is 23.4 Å². The molecule has 3 rings (SSSR count). The summed E-state index contributed by atoms with van der Waals surface area (Å²) in [4.78, 5) is 0. The van der Waals surface area contributed by atoms with Crippen LogP contribution in [0.4, 0.5) is 11.4 Å². The summed E-state index contributed by atoms with van der Waals surface area (Å²) in [5.74, 6) is -0.305. The smallest absolute Gasteiger partial charge is 0.263 e. The third-order valence-corrected chi connectivity index (χ3v) is 3.80. The molecule has 0 bridgehead atoms. The molecule has 5 N–H and O–H groups in total. The Morgan fingerprint density at radius 1 is 1.14 bits per heavy atom. The minimum atomic E-state index is -1.03. The first-order valence-electron chi connectivity index (χ1n) is 7.36. The van der Waals surface area contributed by atoms with Crippen molar-refractivity contribution >= 4 is 11.4 Å². The van der Waals surface area contributed by atoms with Crippen molar-refractivity contribution in [2.45, 2.75) is 32.0 Å². The van der Waals surface area contributed by atoms with Crippen LogP contribution in [0.5, 0.6) is 5.75 Å². The number of anilines is 2. The van der Waals surface area contributed by atoms with Gasteiger partial charge in [0.2, 0.25) is 0 Å². The lowest BCUT2D eigenvalue weighted by Crippen LogP contribution is -2.46. The number of nitrogens with two attached hydrogens (primary N) is 2. The van der Waals surface area contributed by atoms with Crippen LogP contribution >= 0.6 is 0 Å². The minimum absolute atomic E-state index is 0.684. The van der Waals surface area contributed by atoms with Crippen molar-refractivity contribution in [2.75, 3.05) is 11.1 Å². The molecule has 2 aromatic rings. The van der Waals surface area contributed by atoms with Gasteiger partial charge in [0.15, 0.2) is 0 Å². The van der Waals surface area contributed by atoms with Crippen LogP contribution in [0.2, 0.25) is 0 Å². The molecule has 0 spiro atoms. The molecule has 1 atom stereocenters. The Hall–Kier alpha value is -2.20. The second kappa shape index (κ2) is 5.30. The number of rotatable bonds is 4. The first-order valence-corrected chi connectivity index (χ1v) is 7.36. The fourth-order valence-corrected chi connectivity index (χ4v) is 2.56. The Morgan fingerprint density at radius 2 is 1.90 bits per heavy atom. The van der Waals surface area contributed by atoms with Crippen molar-refractivity contribution in [3.05, 3.63) is 53.6 Å². The Labute approximate surface area is 125 Å². The molecule has 0 aromatic heterocycles. The van der Waals surface area contributed by atoms with E-state index >= 15 is 0 Å². The van der Waals surface area contributed by atoms with E-state index in [2.05, 4.69) is 24.4 Å². The third kappa shape index (κ3) is 2.67. The predicted molar refractivity (Wildman–Crippen MR) is 86.0 cm³/mol. The Balaban J connectivity index is 1.81. The van der Waals surface area contributed by atoms with Gasteiger partial charge in [-0.3, -0.25) is 5.73 Å². The number of nitrogens with one attached hydrogen (secondary N) is 1. The molecule has 0 amide bonds. The summed E-state index contributed by atoms with van der Waals surface area (Å²) < 4.78 is 5.87. The van der Waals surface area contributed by atoms with E-state index in [-0.39, 0.29) is 0 Å².